The molecule has 0 fully saturated rings. The van der Waals surface area contributed by atoms with Crippen LogP contribution in [0.25, 0.3) is 0 Å². The van der Waals surface area contributed by atoms with E-state index in [1.807, 2.05) is 6.07 Å². The molecule has 16 heavy (non-hydrogen) atoms. The number of hydrogen-bond acceptors (Lipinski definition) is 2. The standard InChI is InChI=1S/C11H13ClN2OS/c1-3-6-13-11(16)14-8-4-5-10(15-2)9(12)7-8/h3-5,7H,1,6H2,2H3,(H2,13,14,16). The molecule has 0 spiro atoms. The molecule has 86 valence electrons. The van der Waals surface area contributed by atoms with Crippen molar-refractivity contribution in [1.82, 2.24) is 5.32 Å². The van der Waals surface area contributed by atoms with Gasteiger partial charge in [-0.3, -0.25) is 0 Å². The maximum Gasteiger partial charge on any atom is 0.171 e. The van der Waals surface area contributed by atoms with Crippen molar-refractivity contribution in [3.05, 3.63) is 35.9 Å². The fourth-order valence-corrected chi connectivity index (χ4v) is 1.54. The van der Waals surface area contributed by atoms with Gasteiger partial charge < -0.3 is 15.4 Å². The van der Waals surface area contributed by atoms with Gasteiger partial charge in [-0.05, 0) is 30.4 Å². The quantitative estimate of drug-likeness (QED) is 0.641. The Bertz CT molecular complexity index is 396. The summed E-state index contributed by atoms with van der Waals surface area (Å²) in [6, 6.07) is 5.37. The normalized spacial score (nSPS) is 9.38. The number of ether oxygens (including phenoxy) is 1. The number of anilines is 1. The minimum Gasteiger partial charge on any atom is -0.495 e. The van der Waals surface area contributed by atoms with E-state index < -0.39 is 0 Å². The molecule has 0 atom stereocenters. The van der Waals surface area contributed by atoms with Crippen LogP contribution in [0.1, 0.15) is 0 Å². The Morgan fingerprint density at radius 3 is 2.94 bits per heavy atom. The molecule has 1 aromatic carbocycles. The van der Waals surface area contributed by atoms with Gasteiger partial charge in [0.2, 0.25) is 0 Å². The van der Waals surface area contributed by atoms with Gasteiger partial charge in [-0.25, -0.2) is 0 Å². The molecule has 0 heterocycles. The molecule has 0 aromatic heterocycles. The van der Waals surface area contributed by atoms with Crippen molar-refractivity contribution in [2.24, 2.45) is 0 Å². The average Bonchev–Trinajstić information content (AvgIpc) is 2.26. The van der Waals surface area contributed by atoms with E-state index in [-0.39, 0.29) is 0 Å². The van der Waals surface area contributed by atoms with Crippen LogP contribution < -0.4 is 15.4 Å². The topological polar surface area (TPSA) is 33.3 Å². The highest BCUT2D eigenvalue weighted by atomic mass is 35.5. The van der Waals surface area contributed by atoms with E-state index in [9.17, 15) is 0 Å². The van der Waals surface area contributed by atoms with Gasteiger partial charge in [0.1, 0.15) is 5.75 Å². The second kappa shape index (κ2) is 6.35. The number of methoxy groups -OCH3 is 1. The third-order valence-electron chi connectivity index (χ3n) is 1.82. The van der Waals surface area contributed by atoms with Crippen LogP contribution in [-0.4, -0.2) is 18.8 Å². The third-order valence-corrected chi connectivity index (χ3v) is 2.36. The molecule has 0 saturated heterocycles. The van der Waals surface area contributed by atoms with Gasteiger partial charge in [0.25, 0.3) is 0 Å². The molecule has 3 nitrogen and oxygen atoms in total. The molecule has 0 radical (unpaired) electrons. The maximum absolute atomic E-state index is 5.97. The van der Waals surface area contributed by atoms with Crippen molar-refractivity contribution in [2.45, 2.75) is 0 Å². The van der Waals surface area contributed by atoms with Gasteiger partial charge in [-0.1, -0.05) is 17.7 Å². The summed E-state index contributed by atoms with van der Waals surface area (Å²) < 4.78 is 5.05. The number of rotatable bonds is 4. The van der Waals surface area contributed by atoms with Gasteiger partial charge in [0.15, 0.2) is 5.11 Å². The van der Waals surface area contributed by atoms with Crippen molar-refractivity contribution in [3.63, 3.8) is 0 Å². The first-order valence-electron chi connectivity index (χ1n) is 4.66. The lowest BCUT2D eigenvalue weighted by molar-refractivity contribution is 0.415. The zero-order valence-corrected chi connectivity index (χ0v) is 10.5. The molecule has 0 saturated carbocycles. The zero-order chi connectivity index (χ0) is 12.0. The lowest BCUT2D eigenvalue weighted by Gasteiger charge is -2.10. The number of thiocarbonyl (C=S) groups is 1. The highest BCUT2D eigenvalue weighted by Gasteiger charge is 2.02. The van der Waals surface area contributed by atoms with E-state index in [1.54, 1.807) is 25.3 Å². The summed E-state index contributed by atoms with van der Waals surface area (Å²) in [5, 5.41) is 7.03. The van der Waals surface area contributed by atoms with Gasteiger partial charge in [0, 0.05) is 12.2 Å². The van der Waals surface area contributed by atoms with Crippen molar-refractivity contribution in [2.75, 3.05) is 19.0 Å². The molecule has 0 aliphatic rings. The van der Waals surface area contributed by atoms with Crippen LogP contribution >= 0.6 is 23.8 Å². The van der Waals surface area contributed by atoms with E-state index in [1.165, 1.54) is 0 Å². The highest BCUT2D eigenvalue weighted by molar-refractivity contribution is 7.80. The average molecular weight is 257 g/mol. The van der Waals surface area contributed by atoms with Crippen LogP contribution in [0, 0.1) is 0 Å². The van der Waals surface area contributed by atoms with Gasteiger partial charge in [-0.15, -0.1) is 6.58 Å². The van der Waals surface area contributed by atoms with E-state index in [2.05, 4.69) is 17.2 Å². The molecular weight excluding hydrogens is 244 g/mol. The Morgan fingerprint density at radius 1 is 1.62 bits per heavy atom. The number of halogens is 1. The Morgan fingerprint density at radius 2 is 2.38 bits per heavy atom. The van der Waals surface area contributed by atoms with Gasteiger partial charge in [0.05, 0.1) is 12.1 Å². The van der Waals surface area contributed by atoms with Crippen molar-refractivity contribution in [1.29, 1.82) is 0 Å². The summed E-state index contributed by atoms with van der Waals surface area (Å²) in [6.45, 7) is 4.21. The number of benzene rings is 1. The zero-order valence-electron chi connectivity index (χ0n) is 8.92. The first-order chi connectivity index (χ1) is 7.67. The maximum atomic E-state index is 5.97. The van der Waals surface area contributed by atoms with Crippen LogP contribution in [0.3, 0.4) is 0 Å². The third kappa shape index (κ3) is 3.72. The fraction of sp³-hybridized carbons (Fsp3) is 0.182. The minimum absolute atomic E-state index is 0.529. The smallest absolute Gasteiger partial charge is 0.171 e. The van der Waals surface area contributed by atoms with E-state index in [4.69, 9.17) is 28.6 Å². The molecule has 2 N–H and O–H groups in total. The summed E-state index contributed by atoms with van der Waals surface area (Å²) in [5.41, 5.74) is 0.812. The summed E-state index contributed by atoms with van der Waals surface area (Å²) >= 11 is 11.0. The number of nitrogens with one attached hydrogen (secondary N) is 2. The number of hydrogen-bond donors (Lipinski definition) is 2. The molecule has 0 aliphatic heterocycles. The largest absolute Gasteiger partial charge is 0.495 e. The molecule has 1 aromatic rings. The van der Waals surface area contributed by atoms with Crippen molar-refractivity contribution in [3.8, 4) is 5.75 Å². The van der Waals surface area contributed by atoms with Gasteiger partial charge in [-0.2, -0.15) is 0 Å². The summed E-state index contributed by atoms with van der Waals surface area (Å²) in [4.78, 5) is 0. The SMILES string of the molecule is C=CCNC(=S)Nc1ccc(OC)c(Cl)c1. The molecule has 1 rings (SSSR count). The summed E-state index contributed by atoms with van der Waals surface area (Å²) in [7, 11) is 1.57. The molecule has 0 aliphatic carbocycles. The Hall–Kier alpha value is -1.26. The first kappa shape index (κ1) is 12.8. The van der Waals surface area contributed by atoms with Crippen LogP contribution in [-0.2, 0) is 0 Å². The van der Waals surface area contributed by atoms with E-state index >= 15 is 0 Å². The highest BCUT2D eigenvalue weighted by Crippen LogP contribution is 2.26. The van der Waals surface area contributed by atoms with Crippen LogP contribution in [0.5, 0.6) is 5.75 Å². The summed E-state index contributed by atoms with van der Waals surface area (Å²) in [5.74, 6) is 0.636. The van der Waals surface area contributed by atoms with Crippen LogP contribution in [0.15, 0.2) is 30.9 Å². The van der Waals surface area contributed by atoms with E-state index in [0.29, 0.717) is 22.4 Å². The summed E-state index contributed by atoms with van der Waals surface area (Å²) in [6.07, 6.45) is 1.73. The molecule has 5 heteroatoms. The molecule has 0 bridgehead atoms. The van der Waals surface area contributed by atoms with E-state index in [0.717, 1.165) is 5.69 Å². The fourth-order valence-electron chi connectivity index (χ4n) is 1.08. The minimum atomic E-state index is 0.529. The van der Waals surface area contributed by atoms with Crippen LogP contribution in [0.4, 0.5) is 5.69 Å². The predicted octanol–water partition coefficient (Wildman–Crippen LogP) is 2.82. The van der Waals surface area contributed by atoms with Crippen molar-refractivity contribution >= 4 is 34.6 Å². The molecular formula is C11H13ClN2OS. The van der Waals surface area contributed by atoms with Crippen LogP contribution in [0.2, 0.25) is 5.02 Å². The predicted molar refractivity (Wildman–Crippen MR) is 72.4 cm³/mol. The lowest BCUT2D eigenvalue weighted by Crippen LogP contribution is -2.28. The van der Waals surface area contributed by atoms with Crippen molar-refractivity contribution < 1.29 is 4.74 Å². The van der Waals surface area contributed by atoms with Gasteiger partial charge >= 0.3 is 0 Å². The Labute approximate surface area is 105 Å². The Kier molecular flexibility index (Phi) is 5.08. The lowest BCUT2D eigenvalue weighted by atomic mass is 10.3. The molecule has 0 unspecified atom stereocenters. The monoisotopic (exact) mass is 256 g/mol. The second-order valence-corrected chi connectivity index (χ2v) is 3.79. The second-order valence-electron chi connectivity index (χ2n) is 2.97. The molecule has 0 amide bonds. The Balaban J connectivity index is 2.64. The first-order valence-corrected chi connectivity index (χ1v) is 5.45.